The van der Waals surface area contributed by atoms with E-state index in [-0.39, 0.29) is 11.6 Å². The van der Waals surface area contributed by atoms with E-state index < -0.39 is 16.1 Å². The standard InChI is InChI=1S/C25H21F2NP2/c1-28(29(20-12-4-2-5-13-20)21-14-6-3-7-15-21)30(24-18-10-8-16-22(24)26)25-19-11-9-17-23(25)27/h2-19H,1H3. The van der Waals surface area contributed by atoms with Crippen molar-refractivity contribution in [2.75, 3.05) is 7.05 Å². The average Bonchev–Trinajstić information content (AvgIpc) is 2.78. The lowest BCUT2D eigenvalue weighted by Gasteiger charge is -2.36. The number of rotatable bonds is 6. The summed E-state index contributed by atoms with van der Waals surface area (Å²) in [4.78, 5) is 0. The topological polar surface area (TPSA) is 3.24 Å². The van der Waals surface area contributed by atoms with Crippen LogP contribution in [0.4, 0.5) is 8.78 Å². The van der Waals surface area contributed by atoms with Gasteiger partial charge in [0.1, 0.15) is 11.6 Å². The van der Waals surface area contributed by atoms with Gasteiger partial charge in [-0.05, 0) is 41.9 Å². The molecule has 0 aliphatic heterocycles. The van der Waals surface area contributed by atoms with Gasteiger partial charge in [-0.1, -0.05) is 84.9 Å². The molecule has 0 fully saturated rings. The predicted molar refractivity (Wildman–Crippen MR) is 126 cm³/mol. The molecule has 5 heteroatoms. The summed E-state index contributed by atoms with van der Waals surface area (Å²) >= 11 is 0. The van der Waals surface area contributed by atoms with Crippen LogP contribution in [0, 0.1) is 11.6 Å². The van der Waals surface area contributed by atoms with E-state index in [1.54, 1.807) is 24.3 Å². The van der Waals surface area contributed by atoms with Crippen LogP contribution in [-0.2, 0) is 0 Å². The minimum atomic E-state index is -1.43. The van der Waals surface area contributed by atoms with Crippen molar-refractivity contribution in [1.29, 1.82) is 0 Å². The summed E-state index contributed by atoms with van der Waals surface area (Å²) in [5, 5.41) is 3.33. The second-order valence-electron chi connectivity index (χ2n) is 6.69. The van der Waals surface area contributed by atoms with Gasteiger partial charge in [0.15, 0.2) is 0 Å². The summed E-state index contributed by atoms with van der Waals surface area (Å²) in [5.74, 6) is -0.621. The third-order valence-corrected chi connectivity index (χ3v) is 10.2. The molecule has 30 heavy (non-hydrogen) atoms. The molecular formula is C25H21F2NP2. The molecule has 0 aliphatic rings. The Labute approximate surface area is 178 Å². The molecule has 150 valence electrons. The number of benzene rings is 4. The molecule has 0 amide bonds. The summed E-state index contributed by atoms with van der Waals surface area (Å²) in [5.41, 5.74) is 0. The molecular weight excluding hydrogens is 414 g/mol. The second-order valence-corrected chi connectivity index (χ2v) is 11.4. The van der Waals surface area contributed by atoms with Gasteiger partial charge < -0.3 is 0 Å². The van der Waals surface area contributed by atoms with E-state index in [2.05, 4.69) is 28.7 Å². The fraction of sp³-hybridized carbons (Fsp3) is 0.0400. The summed E-state index contributed by atoms with van der Waals surface area (Å²) < 4.78 is 32.1. The zero-order valence-electron chi connectivity index (χ0n) is 16.5. The lowest BCUT2D eigenvalue weighted by atomic mass is 10.3. The van der Waals surface area contributed by atoms with E-state index in [0.29, 0.717) is 10.6 Å². The smallest absolute Gasteiger partial charge is 0.132 e. The molecule has 0 atom stereocenters. The van der Waals surface area contributed by atoms with Crippen LogP contribution in [0.5, 0.6) is 0 Å². The van der Waals surface area contributed by atoms with Crippen LogP contribution in [0.25, 0.3) is 0 Å². The lowest BCUT2D eigenvalue weighted by Crippen LogP contribution is -2.31. The molecule has 0 aromatic heterocycles. The van der Waals surface area contributed by atoms with Crippen LogP contribution in [0.2, 0.25) is 0 Å². The molecule has 0 N–H and O–H groups in total. The number of hydrogen-bond acceptors (Lipinski definition) is 1. The number of hydrogen-bond donors (Lipinski definition) is 0. The first-order valence-electron chi connectivity index (χ1n) is 9.60. The number of halogens is 2. The van der Waals surface area contributed by atoms with E-state index in [4.69, 9.17) is 0 Å². The first-order valence-corrected chi connectivity index (χ1v) is 12.2. The first kappa shape index (κ1) is 20.8. The third-order valence-electron chi connectivity index (χ3n) is 4.74. The first-order chi connectivity index (χ1) is 14.7. The molecule has 0 unspecified atom stereocenters. The zero-order valence-corrected chi connectivity index (χ0v) is 18.3. The Kier molecular flexibility index (Phi) is 6.65. The molecule has 4 aromatic carbocycles. The Balaban J connectivity index is 1.90. The molecule has 0 spiro atoms. The van der Waals surface area contributed by atoms with Gasteiger partial charge in [0.25, 0.3) is 0 Å². The molecule has 0 aliphatic carbocycles. The largest absolute Gasteiger partial charge is 0.248 e. The van der Waals surface area contributed by atoms with Crippen molar-refractivity contribution < 1.29 is 8.78 Å². The fourth-order valence-electron chi connectivity index (χ4n) is 3.40. The molecule has 4 aromatic rings. The van der Waals surface area contributed by atoms with Crippen molar-refractivity contribution in [3.05, 3.63) is 121 Å². The van der Waals surface area contributed by atoms with E-state index in [0.717, 1.165) is 10.6 Å². The molecule has 1 nitrogen and oxygen atoms in total. The Morgan fingerprint density at radius 1 is 0.500 bits per heavy atom. The van der Waals surface area contributed by atoms with Crippen molar-refractivity contribution in [1.82, 2.24) is 4.44 Å². The van der Waals surface area contributed by atoms with E-state index in [9.17, 15) is 8.78 Å². The highest BCUT2D eigenvalue weighted by Gasteiger charge is 2.31. The summed E-state index contributed by atoms with van der Waals surface area (Å²) in [6.07, 6.45) is 0. The van der Waals surface area contributed by atoms with Gasteiger partial charge in [0.2, 0.25) is 0 Å². The highest BCUT2D eigenvalue weighted by Crippen LogP contribution is 2.53. The summed E-state index contributed by atoms with van der Waals surface area (Å²) in [7, 11) is -0.440. The minimum Gasteiger partial charge on any atom is -0.248 e. The molecule has 0 bridgehead atoms. The van der Waals surface area contributed by atoms with Crippen molar-refractivity contribution >= 4 is 37.4 Å². The third kappa shape index (κ3) is 4.35. The Morgan fingerprint density at radius 3 is 1.27 bits per heavy atom. The maximum absolute atomic E-state index is 15.0. The van der Waals surface area contributed by atoms with E-state index in [1.165, 1.54) is 12.1 Å². The summed E-state index contributed by atoms with van der Waals surface area (Å²) in [6, 6.07) is 33.8. The van der Waals surface area contributed by atoms with Crippen LogP contribution >= 0.6 is 16.1 Å². The van der Waals surface area contributed by atoms with Gasteiger partial charge in [0, 0.05) is 26.8 Å². The van der Waals surface area contributed by atoms with Crippen LogP contribution in [0.3, 0.4) is 0 Å². The Morgan fingerprint density at radius 2 is 0.867 bits per heavy atom. The maximum atomic E-state index is 15.0. The van der Waals surface area contributed by atoms with Gasteiger partial charge in [-0.2, -0.15) is 0 Å². The van der Waals surface area contributed by atoms with Gasteiger partial charge in [-0.15, -0.1) is 0 Å². The fourth-order valence-corrected chi connectivity index (χ4v) is 9.08. The molecule has 0 radical (unpaired) electrons. The molecule has 0 saturated carbocycles. The molecule has 4 rings (SSSR count). The van der Waals surface area contributed by atoms with Gasteiger partial charge in [0.05, 0.1) is 0 Å². The SMILES string of the molecule is CN(P(c1ccccc1)c1ccccc1)P(c1ccccc1F)c1ccccc1F. The Hall–Kier alpha value is -2.44. The molecule has 0 saturated heterocycles. The highest BCUT2D eigenvalue weighted by molar-refractivity contribution is 7.84. The van der Waals surface area contributed by atoms with Crippen LogP contribution in [0.1, 0.15) is 0 Å². The van der Waals surface area contributed by atoms with Crippen LogP contribution in [0.15, 0.2) is 109 Å². The molecule has 0 heterocycles. The van der Waals surface area contributed by atoms with Crippen molar-refractivity contribution in [2.24, 2.45) is 0 Å². The normalized spacial score (nSPS) is 11.4. The van der Waals surface area contributed by atoms with Crippen LogP contribution in [-0.4, -0.2) is 11.5 Å². The van der Waals surface area contributed by atoms with E-state index in [1.807, 2.05) is 55.6 Å². The highest BCUT2D eigenvalue weighted by atomic mass is 31.2. The zero-order chi connectivity index (χ0) is 20.9. The number of nitrogens with zero attached hydrogens (tertiary/aromatic N) is 1. The van der Waals surface area contributed by atoms with Crippen LogP contribution < -0.4 is 21.2 Å². The van der Waals surface area contributed by atoms with Crippen molar-refractivity contribution in [2.45, 2.75) is 0 Å². The lowest BCUT2D eigenvalue weighted by molar-refractivity contribution is 0.633. The summed E-state index contributed by atoms with van der Waals surface area (Å²) in [6.45, 7) is 0. The van der Waals surface area contributed by atoms with Gasteiger partial charge in [-0.3, -0.25) is 0 Å². The minimum absolute atomic E-state index is 0.310. The average molecular weight is 435 g/mol. The van der Waals surface area contributed by atoms with Gasteiger partial charge >= 0.3 is 0 Å². The van der Waals surface area contributed by atoms with E-state index >= 15 is 0 Å². The van der Waals surface area contributed by atoms with Crippen molar-refractivity contribution in [3.63, 3.8) is 0 Å². The predicted octanol–water partition coefficient (Wildman–Crippen LogP) is 5.29. The van der Waals surface area contributed by atoms with Gasteiger partial charge in [-0.25, -0.2) is 13.2 Å². The maximum Gasteiger partial charge on any atom is 0.132 e. The monoisotopic (exact) mass is 435 g/mol. The second kappa shape index (κ2) is 9.58. The quantitative estimate of drug-likeness (QED) is 0.372. The van der Waals surface area contributed by atoms with Crippen molar-refractivity contribution in [3.8, 4) is 0 Å². The Bertz CT molecular complexity index is 1020.